The molecule has 1 unspecified atom stereocenters. The first-order chi connectivity index (χ1) is 11.1. The number of nitrogens with one attached hydrogen (secondary N) is 1. The van der Waals surface area contributed by atoms with Crippen molar-refractivity contribution in [3.8, 4) is 0 Å². The molecule has 4 bridgehead atoms. The van der Waals surface area contributed by atoms with Crippen LogP contribution in [0.15, 0.2) is 29.7 Å². The smallest absolute Gasteiger partial charge is 0.324 e. The maximum Gasteiger partial charge on any atom is 0.324 e. The Morgan fingerprint density at radius 1 is 1.30 bits per heavy atom. The number of carboxylic acid groups (broad SMARTS) is 1. The number of carbonyl (C=O) groups is 1. The van der Waals surface area contributed by atoms with Crippen LogP contribution in [0.2, 0.25) is 0 Å². The van der Waals surface area contributed by atoms with Crippen molar-refractivity contribution in [3.05, 3.63) is 34.5 Å². The van der Waals surface area contributed by atoms with Gasteiger partial charge in [-0.15, -0.1) is 11.3 Å². The van der Waals surface area contributed by atoms with Crippen molar-refractivity contribution in [2.45, 2.75) is 56.5 Å². The van der Waals surface area contributed by atoms with Gasteiger partial charge in [-0.3, -0.25) is 10.1 Å². The molecule has 0 amide bonds. The SMILES string of the molecule is O=C(O)C(C=CCc1cccs1)NC12CC3CC(CC(C3)C1)C2. The average molecular weight is 331 g/mol. The lowest BCUT2D eigenvalue weighted by Gasteiger charge is -2.57. The lowest BCUT2D eigenvalue weighted by atomic mass is 9.53. The number of hydrogen-bond donors (Lipinski definition) is 2. The van der Waals surface area contributed by atoms with Gasteiger partial charge in [0.1, 0.15) is 6.04 Å². The van der Waals surface area contributed by atoms with Crippen LogP contribution in [-0.2, 0) is 11.2 Å². The van der Waals surface area contributed by atoms with Crippen molar-refractivity contribution >= 4 is 17.3 Å². The van der Waals surface area contributed by atoms with Gasteiger partial charge in [-0.1, -0.05) is 18.2 Å². The lowest BCUT2D eigenvalue weighted by Crippen LogP contribution is -2.61. The van der Waals surface area contributed by atoms with E-state index in [-0.39, 0.29) is 5.54 Å². The molecule has 2 N–H and O–H groups in total. The molecule has 124 valence electrons. The van der Waals surface area contributed by atoms with Gasteiger partial charge in [-0.2, -0.15) is 0 Å². The summed E-state index contributed by atoms with van der Waals surface area (Å²) in [6, 6.07) is 3.58. The van der Waals surface area contributed by atoms with Crippen LogP contribution in [0.4, 0.5) is 0 Å². The Labute approximate surface area is 141 Å². The summed E-state index contributed by atoms with van der Waals surface area (Å²) in [6.07, 6.45) is 12.4. The molecule has 0 aliphatic heterocycles. The second kappa shape index (κ2) is 6.06. The minimum absolute atomic E-state index is 0.0884. The number of allylic oxidation sites excluding steroid dienone is 1. The fourth-order valence-corrected chi connectivity index (χ4v) is 6.24. The molecule has 1 atom stereocenters. The molecule has 4 saturated carbocycles. The summed E-state index contributed by atoms with van der Waals surface area (Å²) < 4.78 is 0. The van der Waals surface area contributed by atoms with Crippen LogP contribution in [0.25, 0.3) is 0 Å². The third kappa shape index (κ3) is 3.24. The van der Waals surface area contributed by atoms with Crippen LogP contribution in [0.5, 0.6) is 0 Å². The van der Waals surface area contributed by atoms with E-state index in [0.29, 0.717) is 0 Å². The molecule has 0 spiro atoms. The maximum atomic E-state index is 11.7. The van der Waals surface area contributed by atoms with Crippen molar-refractivity contribution in [3.63, 3.8) is 0 Å². The fraction of sp³-hybridized carbons (Fsp3) is 0.632. The molecule has 5 rings (SSSR count). The van der Waals surface area contributed by atoms with Gasteiger partial charge in [0.2, 0.25) is 0 Å². The Morgan fingerprint density at radius 3 is 2.48 bits per heavy atom. The van der Waals surface area contributed by atoms with Crippen molar-refractivity contribution in [2.24, 2.45) is 17.8 Å². The van der Waals surface area contributed by atoms with Crippen LogP contribution >= 0.6 is 11.3 Å². The molecule has 0 saturated heterocycles. The van der Waals surface area contributed by atoms with Gasteiger partial charge in [0, 0.05) is 10.4 Å². The van der Waals surface area contributed by atoms with E-state index in [2.05, 4.69) is 16.8 Å². The summed E-state index contributed by atoms with van der Waals surface area (Å²) in [5.74, 6) is 1.75. The van der Waals surface area contributed by atoms with Crippen molar-refractivity contribution < 1.29 is 9.90 Å². The molecular weight excluding hydrogens is 306 g/mol. The number of carboxylic acids is 1. The van der Waals surface area contributed by atoms with Gasteiger partial charge >= 0.3 is 5.97 Å². The Morgan fingerprint density at radius 2 is 1.96 bits per heavy atom. The predicted octanol–water partition coefficient (Wildman–Crippen LogP) is 3.86. The van der Waals surface area contributed by atoms with Crippen LogP contribution in [0.3, 0.4) is 0 Å². The van der Waals surface area contributed by atoms with Gasteiger partial charge in [0.05, 0.1) is 0 Å². The molecule has 23 heavy (non-hydrogen) atoms. The maximum absolute atomic E-state index is 11.7. The molecule has 4 heteroatoms. The van der Waals surface area contributed by atoms with Crippen molar-refractivity contribution in [1.29, 1.82) is 0 Å². The van der Waals surface area contributed by atoms with Crippen LogP contribution in [0.1, 0.15) is 43.4 Å². The summed E-state index contributed by atoms with van der Waals surface area (Å²) >= 11 is 1.72. The molecule has 4 aliphatic carbocycles. The Kier molecular flexibility index (Phi) is 4.06. The van der Waals surface area contributed by atoms with E-state index in [1.807, 2.05) is 18.2 Å². The summed E-state index contributed by atoms with van der Waals surface area (Å²) in [5.41, 5.74) is 0.0884. The standard InChI is InChI=1S/C19H25NO2S/c21-18(22)17(5-1-3-16-4-2-6-23-16)20-19-10-13-7-14(11-19)9-15(8-13)12-19/h1-2,4-6,13-15,17,20H,3,7-12H2,(H,21,22). The Balaban J connectivity index is 1.44. The first-order valence-electron chi connectivity index (χ1n) is 8.81. The highest BCUT2D eigenvalue weighted by molar-refractivity contribution is 7.09. The summed E-state index contributed by atoms with van der Waals surface area (Å²) in [5, 5.41) is 15.2. The van der Waals surface area contributed by atoms with Gasteiger partial charge in [0.15, 0.2) is 0 Å². The molecule has 4 aliphatic rings. The zero-order valence-corrected chi connectivity index (χ0v) is 14.2. The minimum Gasteiger partial charge on any atom is -0.480 e. The molecule has 1 aromatic heterocycles. The van der Waals surface area contributed by atoms with E-state index < -0.39 is 12.0 Å². The van der Waals surface area contributed by atoms with Crippen molar-refractivity contribution in [2.75, 3.05) is 0 Å². The zero-order chi connectivity index (χ0) is 15.9. The summed E-state index contributed by atoms with van der Waals surface area (Å²) in [4.78, 5) is 13.0. The molecule has 4 fully saturated rings. The van der Waals surface area contributed by atoms with Gasteiger partial charge < -0.3 is 5.11 Å². The predicted molar refractivity (Wildman–Crippen MR) is 92.6 cm³/mol. The Hall–Kier alpha value is -1.13. The second-order valence-corrected chi connectivity index (χ2v) is 8.90. The third-order valence-electron chi connectivity index (χ3n) is 5.99. The van der Waals surface area contributed by atoms with E-state index in [4.69, 9.17) is 0 Å². The van der Waals surface area contributed by atoms with Crippen LogP contribution < -0.4 is 5.32 Å². The first-order valence-corrected chi connectivity index (χ1v) is 9.69. The molecule has 0 radical (unpaired) electrons. The summed E-state index contributed by atoms with van der Waals surface area (Å²) in [7, 11) is 0. The Bertz CT molecular complexity index is 557. The molecule has 1 aromatic rings. The molecule has 3 nitrogen and oxygen atoms in total. The first kappa shape index (κ1) is 15.4. The quantitative estimate of drug-likeness (QED) is 0.778. The van der Waals surface area contributed by atoms with Crippen LogP contribution in [0, 0.1) is 17.8 Å². The molecule has 0 aromatic carbocycles. The van der Waals surface area contributed by atoms with Gasteiger partial charge in [-0.05, 0) is 74.1 Å². The van der Waals surface area contributed by atoms with E-state index in [1.54, 1.807) is 11.3 Å². The second-order valence-electron chi connectivity index (χ2n) is 7.87. The monoisotopic (exact) mass is 331 g/mol. The number of hydrogen-bond acceptors (Lipinski definition) is 3. The third-order valence-corrected chi connectivity index (χ3v) is 6.89. The fourth-order valence-electron chi connectivity index (χ4n) is 5.56. The van der Waals surface area contributed by atoms with E-state index >= 15 is 0 Å². The average Bonchev–Trinajstić information content (AvgIpc) is 2.97. The van der Waals surface area contributed by atoms with Crippen LogP contribution in [-0.4, -0.2) is 22.7 Å². The summed E-state index contributed by atoms with van der Waals surface area (Å²) in [6.45, 7) is 0. The zero-order valence-electron chi connectivity index (χ0n) is 13.4. The van der Waals surface area contributed by atoms with E-state index in [1.165, 1.54) is 43.4 Å². The highest BCUT2D eigenvalue weighted by Crippen LogP contribution is 2.55. The number of thiophene rings is 1. The van der Waals surface area contributed by atoms with E-state index in [9.17, 15) is 9.90 Å². The highest BCUT2D eigenvalue weighted by Gasteiger charge is 2.51. The largest absolute Gasteiger partial charge is 0.480 e. The van der Waals surface area contributed by atoms with E-state index in [0.717, 1.165) is 24.2 Å². The lowest BCUT2D eigenvalue weighted by molar-refractivity contribution is -0.139. The normalized spacial score (nSPS) is 36.6. The van der Waals surface area contributed by atoms with Gasteiger partial charge in [0.25, 0.3) is 0 Å². The van der Waals surface area contributed by atoms with Crippen molar-refractivity contribution in [1.82, 2.24) is 5.32 Å². The topological polar surface area (TPSA) is 49.3 Å². The number of rotatable bonds is 6. The highest BCUT2D eigenvalue weighted by atomic mass is 32.1. The minimum atomic E-state index is -0.747. The van der Waals surface area contributed by atoms with Gasteiger partial charge in [-0.25, -0.2) is 0 Å². The number of aliphatic carboxylic acids is 1. The molecule has 1 heterocycles. The molecular formula is C19H25NO2S.